The fraction of sp³-hybridized carbons (Fsp3) is 0.750. The summed E-state index contributed by atoms with van der Waals surface area (Å²) in [5.41, 5.74) is 0.00948. The van der Waals surface area contributed by atoms with Crippen LogP contribution in [0.4, 0.5) is 0 Å². The van der Waals surface area contributed by atoms with Gasteiger partial charge in [-0.05, 0) is 19.8 Å². The highest BCUT2D eigenvalue weighted by molar-refractivity contribution is 5.84. The topological polar surface area (TPSA) is 58.2 Å². The first kappa shape index (κ1) is 9.03. The molecule has 1 saturated carbocycles. The third-order valence-corrected chi connectivity index (χ3v) is 1.94. The fourth-order valence-corrected chi connectivity index (χ4v) is 0.898. The van der Waals surface area contributed by atoms with Gasteiger partial charge in [0.15, 0.2) is 0 Å². The average molecular weight is 170 g/mol. The second kappa shape index (κ2) is 3.13. The molecule has 4 nitrogen and oxygen atoms in total. The van der Waals surface area contributed by atoms with E-state index in [0.717, 1.165) is 12.8 Å². The zero-order valence-corrected chi connectivity index (χ0v) is 7.44. The molecule has 0 bridgehead atoms. The summed E-state index contributed by atoms with van der Waals surface area (Å²) in [5, 5.41) is 5.28. The minimum atomic E-state index is -0.175. The summed E-state index contributed by atoms with van der Waals surface area (Å²) >= 11 is 0. The maximum atomic E-state index is 11.1. The van der Waals surface area contributed by atoms with Gasteiger partial charge in [-0.3, -0.25) is 9.59 Å². The Morgan fingerprint density at radius 3 is 2.42 bits per heavy atom. The van der Waals surface area contributed by atoms with Gasteiger partial charge in [-0.1, -0.05) is 0 Å². The lowest BCUT2D eigenvalue weighted by molar-refractivity contribution is -0.125. The van der Waals surface area contributed by atoms with Crippen molar-refractivity contribution in [2.45, 2.75) is 32.2 Å². The van der Waals surface area contributed by atoms with Gasteiger partial charge in [-0.2, -0.15) is 0 Å². The van der Waals surface area contributed by atoms with E-state index in [9.17, 15) is 9.59 Å². The molecule has 0 aliphatic heterocycles. The van der Waals surface area contributed by atoms with Crippen molar-refractivity contribution in [3.05, 3.63) is 0 Å². The Labute approximate surface area is 71.7 Å². The maximum Gasteiger partial charge on any atom is 0.239 e. The molecule has 0 atom stereocenters. The lowest BCUT2D eigenvalue weighted by Gasteiger charge is -2.10. The van der Waals surface area contributed by atoms with Crippen molar-refractivity contribution in [1.29, 1.82) is 0 Å². The van der Waals surface area contributed by atoms with E-state index in [4.69, 9.17) is 0 Å². The zero-order chi connectivity index (χ0) is 9.19. The third-order valence-electron chi connectivity index (χ3n) is 1.94. The standard InChI is InChI=1S/C8H14N2O2/c1-6(11)9-5-7(12)10-8(2)3-4-8/h3-5H2,1-2H3,(H,9,11)(H,10,12). The second-order valence-corrected chi connectivity index (χ2v) is 3.52. The highest BCUT2D eigenvalue weighted by Gasteiger charge is 2.38. The monoisotopic (exact) mass is 170 g/mol. The number of carbonyl (C=O) groups excluding carboxylic acids is 2. The smallest absolute Gasteiger partial charge is 0.239 e. The van der Waals surface area contributed by atoms with E-state index in [0.29, 0.717) is 0 Å². The summed E-state index contributed by atoms with van der Waals surface area (Å²) in [6.07, 6.45) is 2.08. The van der Waals surface area contributed by atoms with Crippen LogP contribution in [-0.2, 0) is 9.59 Å². The van der Waals surface area contributed by atoms with Crippen molar-refractivity contribution in [3.63, 3.8) is 0 Å². The Hall–Kier alpha value is -1.06. The molecule has 1 fully saturated rings. The average Bonchev–Trinajstić information content (AvgIpc) is 2.64. The molecular formula is C8H14N2O2. The Balaban J connectivity index is 2.16. The third kappa shape index (κ3) is 2.90. The minimum absolute atomic E-state index is 0.00948. The van der Waals surface area contributed by atoms with Crippen LogP contribution in [0.5, 0.6) is 0 Å². The minimum Gasteiger partial charge on any atom is -0.349 e. The van der Waals surface area contributed by atoms with Crippen LogP contribution in [-0.4, -0.2) is 23.9 Å². The highest BCUT2D eigenvalue weighted by Crippen LogP contribution is 2.33. The maximum absolute atomic E-state index is 11.1. The SMILES string of the molecule is CC(=O)NCC(=O)NC1(C)CC1. The van der Waals surface area contributed by atoms with E-state index in [1.54, 1.807) is 0 Å². The largest absolute Gasteiger partial charge is 0.349 e. The van der Waals surface area contributed by atoms with Crippen molar-refractivity contribution < 1.29 is 9.59 Å². The van der Waals surface area contributed by atoms with Crippen LogP contribution in [0.25, 0.3) is 0 Å². The Morgan fingerprint density at radius 2 is 2.00 bits per heavy atom. The lowest BCUT2D eigenvalue weighted by Crippen LogP contribution is -2.41. The molecule has 0 aromatic heterocycles. The first-order valence-electron chi connectivity index (χ1n) is 4.07. The Kier molecular flexibility index (Phi) is 2.35. The first-order valence-corrected chi connectivity index (χ1v) is 4.07. The van der Waals surface area contributed by atoms with Crippen LogP contribution >= 0.6 is 0 Å². The van der Waals surface area contributed by atoms with Gasteiger partial charge in [0.25, 0.3) is 0 Å². The van der Waals surface area contributed by atoms with Crippen LogP contribution < -0.4 is 10.6 Å². The predicted octanol–water partition coefficient (Wildman–Crippen LogP) is -0.209. The molecule has 1 aliphatic rings. The summed E-state index contributed by atoms with van der Waals surface area (Å²) in [6.45, 7) is 3.48. The summed E-state index contributed by atoms with van der Waals surface area (Å²) in [7, 11) is 0. The Morgan fingerprint density at radius 1 is 1.42 bits per heavy atom. The number of hydrogen-bond donors (Lipinski definition) is 2. The fourth-order valence-electron chi connectivity index (χ4n) is 0.898. The van der Waals surface area contributed by atoms with Crippen molar-refractivity contribution in [1.82, 2.24) is 10.6 Å². The van der Waals surface area contributed by atoms with Crippen LogP contribution in [0.2, 0.25) is 0 Å². The molecule has 1 rings (SSSR count). The van der Waals surface area contributed by atoms with Crippen LogP contribution in [0, 0.1) is 0 Å². The van der Waals surface area contributed by atoms with E-state index >= 15 is 0 Å². The van der Waals surface area contributed by atoms with Crippen molar-refractivity contribution in [2.75, 3.05) is 6.54 Å². The summed E-state index contributed by atoms with van der Waals surface area (Å²) < 4.78 is 0. The van der Waals surface area contributed by atoms with Crippen molar-refractivity contribution in [3.8, 4) is 0 Å². The molecule has 2 N–H and O–H groups in total. The van der Waals surface area contributed by atoms with Gasteiger partial charge in [0.1, 0.15) is 0 Å². The van der Waals surface area contributed by atoms with E-state index in [1.165, 1.54) is 6.92 Å². The van der Waals surface area contributed by atoms with Gasteiger partial charge in [0, 0.05) is 12.5 Å². The molecule has 0 saturated heterocycles. The molecule has 0 radical (unpaired) electrons. The van der Waals surface area contributed by atoms with E-state index in [-0.39, 0.29) is 23.9 Å². The van der Waals surface area contributed by atoms with E-state index in [1.807, 2.05) is 6.92 Å². The number of nitrogens with one attached hydrogen (secondary N) is 2. The van der Waals surface area contributed by atoms with Gasteiger partial charge in [0.05, 0.1) is 6.54 Å². The van der Waals surface area contributed by atoms with E-state index in [2.05, 4.69) is 10.6 Å². The van der Waals surface area contributed by atoms with Gasteiger partial charge in [-0.25, -0.2) is 0 Å². The van der Waals surface area contributed by atoms with Gasteiger partial charge in [-0.15, -0.1) is 0 Å². The normalized spacial score (nSPS) is 18.2. The van der Waals surface area contributed by atoms with Crippen LogP contribution in [0.15, 0.2) is 0 Å². The number of rotatable bonds is 3. The quantitative estimate of drug-likeness (QED) is 0.615. The Bertz CT molecular complexity index is 209. The van der Waals surface area contributed by atoms with Crippen molar-refractivity contribution in [2.24, 2.45) is 0 Å². The molecular weight excluding hydrogens is 156 g/mol. The molecule has 0 unspecified atom stereocenters. The van der Waals surface area contributed by atoms with E-state index < -0.39 is 0 Å². The zero-order valence-electron chi connectivity index (χ0n) is 7.44. The molecule has 1 aliphatic carbocycles. The number of hydrogen-bond acceptors (Lipinski definition) is 2. The molecule has 2 amide bonds. The molecule has 12 heavy (non-hydrogen) atoms. The summed E-state index contributed by atoms with van der Waals surface area (Å²) in [5.74, 6) is -0.281. The number of amides is 2. The predicted molar refractivity (Wildman–Crippen MR) is 44.5 cm³/mol. The van der Waals surface area contributed by atoms with Gasteiger partial charge in [0.2, 0.25) is 11.8 Å². The molecule has 0 heterocycles. The summed E-state index contributed by atoms with van der Waals surface area (Å²) in [4.78, 5) is 21.5. The molecule has 0 aromatic rings. The van der Waals surface area contributed by atoms with Gasteiger partial charge >= 0.3 is 0 Å². The molecule has 0 spiro atoms. The number of carbonyl (C=O) groups is 2. The lowest BCUT2D eigenvalue weighted by atomic mass is 10.3. The molecule has 68 valence electrons. The van der Waals surface area contributed by atoms with Crippen LogP contribution in [0.3, 0.4) is 0 Å². The summed E-state index contributed by atoms with van der Waals surface area (Å²) in [6, 6.07) is 0. The van der Waals surface area contributed by atoms with Gasteiger partial charge < -0.3 is 10.6 Å². The van der Waals surface area contributed by atoms with Crippen molar-refractivity contribution >= 4 is 11.8 Å². The highest BCUT2D eigenvalue weighted by atomic mass is 16.2. The second-order valence-electron chi connectivity index (χ2n) is 3.52. The first-order chi connectivity index (χ1) is 5.52. The molecule has 0 aromatic carbocycles. The van der Waals surface area contributed by atoms with Crippen LogP contribution in [0.1, 0.15) is 26.7 Å². The molecule has 4 heteroatoms.